The Morgan fingerprint density at radius 2 is 1.90 bits per heavy atom. The highest BCUT2D eigenvalue weighted by Crippen LogP contribution is 2.26. The Hall–Kier alpha value is -4.01. The highest BCUT2D eigenvalue weighted by Gasteiger charge is 2.23. The van der Waals surface area contributed by atoms with Crippen LogP contribution in [0.25, 0.3) is 22.2 Å². The maximum Gasteiger partial charge on any atom is 0.260 e. The van der Waals surface area contributed by atoms with Crippen LogP contribution in [0.3, 0.4) is 0 Å². The number of piperidine rings is 1. The largest absolute Gasteiger partial charge is 0.395 e. The second kappa shape index (κ2) is 11.8. The zero-order chi connectivity index (χ0) is 29.1. The van der Waals surface area contributed by atoms with Crippen LogP contribution in [0, 0.1) is 11.6 Å². The number of anilines is 2. The van der Waals surface area contributed by atoms with Gasteiger partial charge in [-0.05, 0) is 29.8 Å². The third-order valence-electron chi connectivity index (χ3n) is 6.63. The molecule has 0 radical (unpaired) electrons. The van der Waals surface area contributed by atoms with Gasteiger partial charge in [0.1, 0.15) is 23.5 Å². The lowest BCUT2D eigenvalue weighted by atomic mass is 10.1. The minimum atomic E-state index is -4.15. The van der Waals surface area contributed by atoms with E-state index in [1.807, 2.05) is 0 Å². The first-order chi connectivity index (χ1) is 19.6. The number of aliphatic hydroxyl groups excluding tert-OH is 1. The predicted octanol–water partition coefficient (Wildman–Crippen LogP) is 2.78. The first kappa shape index (κ1) is 28.5. The highest BCUT2D eigenvalue weighted by atomic mass is 32.2. The summed E-state index contributed by atoms with van der Waals surface area (Å²) in [6, 6.07) is 10.1. The lowest BCUT2D eigenvalue weighted by Crippen LogP contribution is -2.44. The van der Waals surface area contributed by atoms with Gasteiger partial charge >= 0.3 is 0 Å². The fourth-order valence-electron chi connectivity index (χ4n) is 4.71. The number of halogens is 3. The molecule has 5 rings (SSSR count). The van der Waals surface area contributed by atoms with Crippen molar-refractivity contribution in [3.05, 3.63) is 82.3 Å². The van der Waals surface area contributed by atoms with Crippen molar-refractivity contribution in [1.82, 2.24) is 19.9 Å². The normalized spacial score (nSPS) is 17.5. The Morgan fingerprint density at radius 3 is 2.63 bits per heavy atom. The van der Waals surface area contributed by atoms with E-state index >= 15 is 4.39 Å². The van der Waals surface area contributed by atoms with Gasteiger partial charge in [0.05, 0.1) is 24.6 Å². The minimum absolute atomic E-state index is 0.0692. The smallest absolute Gasteiger partial charge is 0.260 e. The van der Waals surface area contributed by atoms with Crippen molar-refractivity contribution >= 4 is 32.7 Å². The topological polar surface area (TPSA) is 138 Å². The van der Waals surface area contributed by atoms with Crippen molar-refractivity contribution in [1.29, 1.82) is 0 Å². The number of fused-ring (bicyclic) bond motifs is 1. The number of aliphatic hydroxyl groups is 1. The van der Waals surface area contributed by atoms with E-state index in [1.165, 1.54) is 47.2 Å². The summed E-state index contributed by atoms with van der Waals surface area (Å²) >= 11 is 0. The number of sulfonamides is 1. The fourth-order valence-corrected chi connectivity index (χ4v) is 5.93. The van der Waals surface area contributed by atoms with Crippen molar-refractivity contribution in [2.45, 2.75) is 30.9 Å². The molecule has 0 amide bonds. The summed E-state index contributed by atoms with van der Waals surface area (Å²) in [6.45, 7) is 0.313. The summed E-state index contributed by atoms with van der Waals surface area (Å²) < 4.78 is 71.2. The molecule has 4 aromatic rings. The first-order valence-electron chi connectivity index (χ1n) is 12.8. The van der Waals surface area contributed by atoms with E-state index in [4.69, 9.17) is 0 Å². The number of benzene rings is 2. The highest BCUT2D eigenvalue weighted by molar-refractivity contribution is 7.91. The van der Waals surface area contributed by atoms with Crippen LogP contribution in [0.5, 0.6) is 0 Å². The molecule has 2 atom stereocenters. The number of pyridine rings is 1. The van der Waals surface area contributed by atoms with Gasteiger partial charge < -0.3 is 15.7 Å². The Balaban J connectivity index is 1.44. The van der Waals surface area contributed by atoms with E-state index in [0.29, 0.717) is 11.9 Å². The molecule has 1 saturated heterocycles. The summed E-state index contributed by atoms with van der Waals surface area (Å²) in [4.78, 5) is 22.1. The van der Waals surface area contributed by atoms with Crippen LogP contribution in [0.1, 0.15) is 12.0 Å². The molecule has 0 unspecified atom stereocenters. The summed E-state index contributed by atoms with van der Waals surface area (Å²) in [5.74, 6) is -2.15. The third kappa shape index (κ3) is 6.50. The standard InChI is InChI=1S/C27H27F3N6O4S/c28-19-11-20(14-31-13-19)33-27-32-12-18-9-21(26(38)36(7-8-37)25(18)34-27)16-5-6-24(23(30)10-16)35-41(39,40)15-17-3-1-2-4-22(17)29/h1-6,9-10,12,19-20,31,35,37H,7-8,11,13-15H2,(H,32,33,34)/t19-,20-/m0/s1. The van der Waals surface area contributed by atoms with Crippen LogP contribution in [0.4, 0.5) is 24.8 Å². The third-order valence-corrected chi connectivity index (χ3v) is 7.85. The van der Waals surface area contributed by atoms with Crippen LogP contribution in [0.2, 0.25) is 0 Å². The SMILES string of the molecule is O=c1c(-c2ccc(NS(=O)(=O)Cc3ccccc3F)c(F)c2)cc2cnc(N[C@@H]3CNC[C@@H](F)C3)nc2n1CCO. The van der Waals surface area contributed by atoms with Crippen molar-refractivity contribution < 1.29 is 26.7 Å². The van der Waals surface area contributed by atoms with Crippen LogP contribution < -0.4 is 20.9 Å². The molecule has 0 saturated carbocycles. The maximum absolute atomic E-state index is 15.1. The van der Waals surface area contributed by atoms with Gasteiger partial charge in [0, 0.05) is 48.3 Å². The lowest BCUT2D eigenvalue weighted by Gasteiger charge is -2.26. The van der Waals surface area contributed by atoms with Crippen molar-refractivity contribution in [2.75, 3.05) is 29.7 Å². The molecule has 0 bridgehead atoms. The minimum Gasteiger partial charge on any atom is -0.395 e. The second-order valence-electron chi connectivity index (χ2n) is 9.69. The number of hydrogen-bond donors (Lipinski definition) is 4. The average Bonchev–Trinajstić information content (AvgIpc) is 2.92. The molecule has 216 valence electrons. The first-order valence-corrected chi connectivity index (χ1v) is 14.5. The molecule has 41 heavy (non-hydrogen) atoms. The quantitative estimate of drug-likeness (QED) is 0.234. The molecule has 4 N–H and O–H groups in total. The zero-order valence-electron chi connectivity index (χ0n) is 21.6. The Kier molecular flexibility index (Phi) is 8.24. The van der Waals surface area contributed by atoms with Crippen LogP contribution in [0.15, 0.2) is 59.5 Å². The van der Waals surface area contributed by atoms with Gasteiger partial charge in [0.2, 0.25) is 16.0 Å². The van der Waals surface area contributed by atoms with E-state index < -0.39 is 39.1 Å². The Morgan fingerprint density at radius 1 is 1.10 bits per heavy atom. The molecule has 2 aromatic carbocycles. The molecule has 0 spiro atoms. The zero-order valence-corrected chi connectivity index (χ0v) is 22.5. The van der Waals surface area contributed by atoms with Crippen LogP contribution >= 0.6 is 0 Å². The molecular formula is C27H27F3N6O4S. The molecule has 1 aliphatic heterocycles. The van der Waals surface area contributed by atoms with E-state index in [1.54, 1.807) is 0 Å². The summed E-state index contributed by atoms with van der Waals surface area (Å²) in [5, 5.41) is 16.1. The van der Waals surface area contributed by atoms with Crippen molar-refractivity contribution in [3.8, 4) is 11.1 Å². The Labute approximate surface area is 233 Å². The molecule has 2 aromatic heterocycles. The molecule has 3 heterocycles. The predicted molar refractivity (Wildman–Crippen MR) is 149 cm³/mol. The average molecular weight is 589 g/mol. The van der Waals surface area contributed by atoms with Gasteiger partial charge in [-0.3, -0.25) is 14.1 Å². The molecule has 14 heteroatoms. The summed E-state index contributed by atoms with van der Waals surface area (Å²) in [6.07, 6.45) is 0.731. The van der Waals surface area contributed by atoms with E-state index in [0.717, 1.165) is 12.1 Å². The van der Waals surface area contributed by atoms with Crippen LogP contribution in [-0.2, 0) is 22.3 Å². The lowest BCUT2D eigenvalue weighted by molar-refractivity contribution is 0.254. The number of aromatic nitrogens is 3. The van der Waals surface area contributed by atoms with E-state index in [2.05, 4.69) is 25.3 Å². The fraction of sp³-hybridized carbons (Fsp3) is 0.296. The summed E-state index contributed by atoms with van der Waals surface area (Å²) in [7, 11) is -4.15. The molecule has 0 aliphatic carbocycles. The number of alkyl halides is 1. The van der Waals surface area contributed by atoms with Gasteiger partial charge in [-0.2, -0.15) is 4.98 Å². The Bertz CT molecular complexity index is 1750. The molecule has 10 nitrogen and oxygen atoms in total. The van der Waals surface area contributed by atoms with E-state index in [-0.39, 0.29) is 66.1 Å². The monoisotopic (exact) mass is 588 g/mol. The van der Waals surface area contributed by atoms with E-state index in [9.17, 15) is 27.1 Å². The number of rotatable bonds is 9. The molecule has 1 fully saturated rings. The van der Waals surface area contributed by atoms with Gasteiger partial charge in [-0.25, -0.2) is 26.6 Å². The van der Waals surface area contributed by atoms with Gasteiger partial charge in [-0.15, -0.1) is 0 Å². The van der Waals surface area contributed by atoms with Gasteiger partial charge in [0.15, 0.2) is 0 Å². The number of nitrogens with zero attached hydrogens (tertiary/aromatic N) is 3. The van der Waals surface area contributed by atoms with Crippen molar-refractivity contribution in [2.24, 2.45) is 0 Å². The van der Waals surface area contributed by atoms with Gasteiger partial charge in [-0.1, -0.05) is 24.3 Å². The number of nitrogens with one attached hydrogen (secondary N) is 3. The maximum atomic E-state index is 15.1. The summed E-state index contributed by atoms with van der Waals surface area (Å²) in [5.41, 5.74) is -0.543. The number of hydrogen-bond acceptors (Lipinski definition) is 8. The van der Waals surface area contributed by atoms with Crippen molar-refractivity contribution in [3.63, 3.8) is 0 Å². The molecular weight excluding hydrogens is 561 g/mol. The van der Waals surface area contributed by atoms with Gasteiger partial charge in [0.25, 0.3) is 5.56 Å². The second-order valence-corrected chi connectivity index (χ2v) is 11.4. The molecule has 1 aliphatic rings. The van der Waals surface area contributed by atoms with Crippen LogP contribution in [-0.4, -0.2) is 60.0 Å².